The van der Waals surface area contributed by atoms with Gasteiger partial charge in [0.1, 0.15) is 11.6 Å². The van der Waals surface area contributed by atoms with E-state index in [1.165, 1.54) is 12.1 Å². The average molecular weight is 254 g/mol. The Hall–Kier alpha value is -1.78. The van der Waals surface area contributed by atoms with E-state index in [1.807, 2.05) is 6.92 Å². The number of hydrogen-bond donors (Lipinski definition) is 2. The summed E-state index contributed by atoms with van der Waals surface area (Å²) in [4.78, 5) is 11.5. The lowest BCUT2D eigenvalue weighted by atomic mass is 10.2. The van der Waals surface area contributed by atoms with Crippen LogP contribution in [-0.2, 0) is 4.79 Å². The molecule has 0 aliphatic rings. The largest absolute Gasteiger partial charge is 0.482 e. The van der Waals surface area contributed by atoms with Crippen molar-refractivity contribution in [1.82, 2.24) is 5.32 Å². The molecule has 0 saturated heterocycles. The predicted molar refractivity (Wildman–Crippen MR) is 68.8 cm³/mol. The number of halogens is 1. The molecule has 18 heavy (non-hydrogen) atoms. The summed E-state index contributed by atoms with van der Waals surface area (Å²) in [5.41, 5.74) is 5.74. The van der Waals surface area contributed by atoms with Gasteiger partial charge < -0.3 is 15.8 Å². The van der Waals surface area contributed by atoms with Crippen LogP contribution in [0.2, 0.25) is 0 Å². The quantitative estimate of drug-likeness (QED) is 0.764. The standard InChI is InChI=1S/C13H19FN2O2/c1-3-4-9(2)16-13(17)8-18-12-6-5-10(14)7-11(12)15/h5-7,9H,3-4,8,15H2,1-2H3,(H,16,17). The monoisotopic (exact) mass is 254 g/mol. The number of amides is 1. The zero-order valence-electron chi connectivity index (χ0n) is 10.7. The van der Waals surface area contributed by atoms with Crippen LogP contribution in [0.4, 0.5) is 10.1 Å². The van der Waals surface area contributed by atoms with Crippen molar-refractivity contribution in [3.8, 4) is 5.75 Å². The van der Waals surface area contributed by atoms with Crippen molar-refractivity contribution < 1.29 is 13.9 Å². The van der Waals surface area contributed by atoms with Gasteiger partial charge in [0, 0.05) is 12.1 Å². The third kappa shape index (κ3) is 4.61. The van der Waals surface area contributed by atoms with E-state index in [2.05, 4.69) is 12.2 Å². The fourth-order valence-corrected chi connectivity index (χ4v) is 1.62. The minimum Gasteiger partial charge on any atom is -0.482 e. The van der Waals surface area contributed by atoms with Gasteiger partial charge in [-0.3, -0.25) is 4.79 Å². The first-order valence-corrected chi connectivity index (χ1v) is 6.00. The van der Waals surface area contributed by atoms with Crippen molar-refractivity contribution in [3.63, 3.8) is 0 Å². The van der Waals surface area contributed by atoms with Gasteiger partial charge in [0.15, 0.2) is 6.61 Å². The highest BCUT2D eigenvalue weighted by molar-refractivity contribution is 5.78. The SMILES string of the molecule is CCCC(C)NC(=O)COc1ccc(F)cc1N. The molecule has 5 heteroatoms. The second-order valence-electron chi connectivity index (χ2n) is 4.23. The molecule has 0 bridgehead atoms. The Balaban J connectivity index is 2.42. The maximum atomic E-state index is 12.8. The molecule has 4 nitrogen and oxygen atoms in total. The maximum Gasteiger partial charge on any atom is 0.258 e. The number of anilines is 1. The van der Waals surface area contributed by atoms with Gasteiger partial charge in [0.25, 0.3) is 5.91 Å². The van der Waals surface area contributed by atoms with Crippen molar-refractivity contribution in [2.24, 2.45) is 0 Å². The molecule has 0 radical (unpaired) electrons. The van der Waals surface area contributed by atoms with E-state index in [1.54, 1.807) is 0 Å². The molecular formula is C13H19FN2O2. The van der Waals surface area contributed by atoms with Crippen LogP contribution in [0.15, 0.2) is 18.2 Å². The van der Waals surface area contributed by atoms with E-state index >= 15 is 0 Å². The van der Waals surface area contributed by atoms with Gasteiger partial charge in [-0.15, -0.1) is 0 Å². The Labute approximate surface area is 106 Å². The molecule has 0 spiro atoms. The summed E-state index contributed by atoms with van der Waals surface area (Å²) in [7, 11) is 0. The van der Waals surface area contributed by atoms with Gasteiger partial charge in [-0.1, -0.05) is 13.3 Å². The lowest BCUT2D eigenvalue weighted by Crippen LogP contribution is -2.36. The first-order valence-electron chi connectivity index (χ1n) is 6.00. The zero-order chi connectivity index (χ0) is 13.5. The van der Waals surface area contributed by atoms with Crippen molar-refractivity contribution in [2.75, 3.05) is 12.3 Å². The Morgan fingerprint density at radius 2 is 2.28 bits per heavy atom. The van der Waals surface area contributed by atoms with E-state index < -0.39 is 5.82 Å². The van der Waals surface area contributed by atoms with E-state index in [9.17, 15) is 9.18 Å². The second kappa shape index (κ2) is 6.83. The minimum atomic E-state index is -0.430. The number of nitrogens with two attached hydrogens (primary N) is 1. The first-order chi connectivity index (χ1) is 8.52. The van der Waals surface area contributed by atoms with Gasteiger partial charge in [0.2, 0.25) is 0 Å². The highest BCUT2D eigenvalue weighted by Gasteiger charge is 2.08. The van der Waals surface area contributed by atoms with Crippen LogP contribution in [0.1, 0.15) is 26.7 Å². The van der Waals surface area contributed by atoms with Crippen LogP contribution in [-0.4, -0.2) is 18.6 Å². The number of ether oxygens (including phenoxy) is 1. The third-order valence-corrected chi connectivity index (χ3v) is 2.46. The number of hydrogen-bond acceptors (Lipinski definition) is 3. The van der Waals surface area contributed by atoms with Crippen LogP contribution in [0.5, 0.6) is 5.75 Å². The summed E-state index contributed by atoms with van der Waals surface area (Å²) in [6.45, 7) is 3.87. The van der Waals surface area contributed by atoms with Gasteiger partial charge in [-0.25, -0.2) is 4.39 Å². The molecule has 0 aliphatic carbocycles. The molecule has 3 N–H and O–H groups in total. The lowest BCUT2D eigenvalue weighted by molar-refractivity contribution is -0.123. The van der Waals surface area contributed by atoms with E-state index in [0.717, 1.165) is 18.9 Å². The molecule has 0 aromatic heterocycles. The molecule has 0 heterocycles. The number of rotatable bonds is 6. The highest BCUT2D eigenvalue weighted by Crippen LogP contribution is 2.21. The van der Waals surface area contributed by atoms with Crippen molar-refractivity contribution in [2.45, 2.75) is 32.7 Å². The number of carbonyl (C=O) groups is 1. The molecule has 0 saturated carbocycles. The molecule has 1 atom stereocenters. The normalized spacial score (nSPS) is 11.9. The Morgan fingerprint density at radius 1 is 1.56 bits per heavy atom. The van der Waals surface area contributed by atoms with Crippen molar-refractivity contribution >= 4 is 11.6 Å². The maximum absolute atomic E-state index is 12.8. The number of nitrogens with one attached hydrogen (secondary N) is 1. The smallest absolute Gasteiger partial charge is 0.258 e. The Morgan fingerprint density at radius 3 is 2.89 bits per heavy atom. The van der Waals surface area contributed by atoms with E-state index in [0.29, 0.717) is 5.75 Å². The van der Waals surface area contributed by atoms with Gasteiger partial charge in [0.05, 0.1) is 5.69 Å². The number of nitrogen functional groups attached to an aromatic ring is 1. The van der Waals surface area contributed by atoms with Gasteiger partial charge in [-0.2, -0.15) is 0 Å². The van der Waals surface area contributed by atoms with Gasteiger partial charge >= 0.3 is 0 Å². The molecule has 1 unspecified atom stereocenters. The second-order valence-corrected chi connectivity index (χ2v) is 4.23. The number of carbonyl (C=O) groups excluding carboxylic acids is 1. The Bertz CT molecular complexity index is 410. The third-order valence-electron chi connectivity index (χ3n) is 2.46. The highest BCUT2D eigenvalue weighted by atomic mass is 19.1. The molecule has 1 amide bonds. The van der Waals surface area contributed by atoms with Crippen LogP contribution in [0, 0.1) is 5.82 Å². The lowest BCUT2D eigenvalue weighted by Gasteiger charge is -2.13. The zero-order valence-corrected chi connectivity index (χ0v) is 10.7. The molecule has 100 valence electrons. The topological polar surface area (TPSA) is 64.3 Å². The van der Waals surface area contributed by atoms with Crippen molar-refractivity contribution in [1.29, 1.82) is 0 Å². The summed E-state index contributed by atoms with van der Waals surface area (Å²) < 4.78 is 18.0. The molecule has 1 aromatic carbocycles. The van der Waals surface area contributed by atoms with Gasteiger partial charge in [-0.05, 0) is 25.5 Å². The van der Waals surface area contributed by atoms with Crippen LogP contribution in [0.25, 0.3) is 0 Å². The van der Waals surface area contributed by atoms with Crippen LogP contribution >= 0.6 is 0 Å². The summed E-state index contributed by atoms with van der Waals surface area (Å²) in [5.74, 6) is -0.324. The molecule has 0 fully saturated rings. The molecule has 1 rings (SSSR count). The minimum absolute atomic E-state index is 0.121. The predicted octanol–water partition coefficient (Wildman–Crippen LogP) is 2.09. The fraction of sp³-hybridized carbons (Fsp3) is 0.462. The van der Waals surface area contributed by atoms with Crippen molar-refractivity contribution in [3.05, 3.63) is 24.0 Å². The Kier molecular flexibility index (Phi) is 5.42. The van der Waals surface area contributed by atoms with E-state index in [-0.39, 0.29) is 24.2 Å². The molecular weight excluding hydrogens is 235 g/mol. The van der Waals surface area contributed by atoms with Crippen LogP contribution < -0.4 is 15.8 Å². The summed E-state index contributed by atoms with van der Waals surface area (Å²) >= 11 is 0. The molecule has 0 aliphatic heterocycles. The summed E-state index contributed by atoms with van der Waals surface area (Å²) in [5, 5.41) is 2.80. The van der Waals surface area contributed by atoms with Crippen LogP contribution in [0.3, 0.4) is 0 Å². The average Bonchev–Trinajstić information content (AvgIpc) is 2.28. The number of benzene rings is 1. The summed E-state index contributed by atoms with van der Waals surface area (Å²) in [6, 6.07) is 3.93. The molecule has 1 aromatic rings. The van der Waals surface area contributed by atoms with E-state index in [4.69, 9.17) is 10.5 Å². The fourth-order valence-electron chi connectivity index (χ4n) is 1.62. The summed E-state index contributed by atoms with van der Waals surface area (Å²) in [6.07, 6.45) is 1.93. The first kappa shape index (κ1) is 14.3.